The van der Waals surface area contributed by atoms with Gasteiger partial charge in [0.1, 0.15) is 10.6 Å². The fraction of sp³-hybridized carbons (Fsp3) is 0.286. The summed E-state index contributed by atoms with van der Waals surface area (Å²) < 4.78 is 56.8. The average Bonchev–Trinajstić information content (AvgIpc) is 2.73. The Morgan fingerprint density at radius 2 is 1.96 bits per heavy atom. The van der Waals surface area contributed by atoms with Crippen molar-refractivity contribution in [3.05, 3.63) is 29.3 Å². The first-order valence-electron chi connectivity index (χ1n) is 7.19. The monoisotopic (exact) mass is 403 g/mol. The second-order valence-electron chi connectivity index (χ2n) is 5.43. The molecule has 10 nitrogen and oxygen atoms in total. The van der Waals surface area contributed by atoms with Crippen LogP contribution in [0.4, 0.5) is 0 Å². The zero-order valence-corrected chi connectivity index (χ0v) is 15.3. The first-order chi connectivity index (χ1) is 12.0. The number of hydrogen-bond donors (Lipinski definition) is 2. The second-order valence-corrected chi connectivity index (χ2v) is 8.97. The molecule has 1 aliphatic rings. The molecule has 0 radical (unpaired) electrons. The molecule has 26 heavy (non-hydrogen) atoms. The number of nitrogens with two attached hydrogens (primary N) is 2. The number of nitrogens with zero attached hydrogens (tertiary/aromatic N) is 1. The van der Waals surface area contributed by atoms with Crippen molar-refractivity contribution < 1.29 is 30.7 Å². The molecule has 0 atom stereocenters. The van der Waals surface area contributed by atoms with E-state index in [2.05, 4.69) is 9.44 Å². The van der Waals surface area contributed by atoms with Crippen molar-refractivity contribution in [1.29, 1.82) is 0 Å². The van der Waals surface area contributed by atoms with Gasteiger partial charge in [0.15, 0.2) is 21.4 Å². The number of ether oxygens (including phenoxy) is 1. The van der Waals surface area contributed by atoms with Gasteiger partial charge in [0.2, 0.25) is 5.96 Å². The average molecular weight is 403 g/mol. The Hall–Kier alpha value is -2.60. The highest BCUT2D eigenvalue weighted by atomic mass is 32.2. The first-order valence-corrected chi connectivity index (χ1v) is 10.7. The molecule has 1 aliphatic heterocycles. The number of Topliss-reactive ketones (excluding diaryl/α,β-unsaturated/α-hetero) is 1. The van der Waals surface area contributed by atoms with E-state index < -0.39 is 37.5 Å². The van der Waals surface area contributed by atoms with E-state index >= 15 is 0 Å². The summed E-state index contributed by atoms with van der Waals surface area (Å²) in [6.45, 7) is 0.00587. The van der Waals surface area contributed by atoms with E-state index in [0.717, 1.165) is 6.26 Å². The van der Waals surface area contributed by atoms with Crippen molar-refractivity contribution in [2.75, 3.05) is 18.6 Å². The van der Waals surface area contributed by atoms with Crippen LogP contribution in [0, 0.1) is 0 Å². The number of sulfone groups is 1. The van der Waals surface area contributed by atoms with Crippen LogP contribution in [0.2, 0.25) is 0 Å². The first kappa shape index (κ1) is 19.7. The molecule has 1 aromatic rings. The van der Waals surface area contributed by atoms with Crippen molar-refractivity contribution >= 4 is 37.8 Å². The molecule has 2 rings (SSSR count). The molecule has 142 valence electrons. The molecule has 0 spiro atoms. The van der Waals surface area contributed by atoms with Crippen molar-refractivity contribution in [2.45, 2.75) is 11.3 Å². The van der Waals surface area contributed by atoms with Crippen LogP contribution in [0.15, 0.2) is 33.8 Å². The molecule has 0 aliphatic carbocycles. The van der Waals surface area contributed by atoms with Gasteiger partial charge >= 0.3 is 10.1 Å². The van der Waals surface area contributed by atoms with Gasteiger partial charge in [0, 0.05) is 23.8 Å². The lowest BCUT2D eigenvalue weighted by atomic mass is 10.1. The Morgan fingerprint density at radius 3 is 2.58 bits per heavy atom. The number of guanidine groups is 1. The maximum absolute atomic E-state index is 12.3. The van der Waals surface area contributed by atoms with Crippen LogP contribution in [0.3, 0.4) is 0 Å². The summed E-state index contributed by atoms with van der Waals surface area (Å²) in [7, 11) is -7.86. The normalized spacial score (nSPS) is 14.3. The third-order valence-electron chi connectivity index (χ3n) is 3.28. The summed E-state index contributed by atoms with van der Waals surface area (Å²) in [5, 5.41) is 2.91. The van der Waals surface area contributed by atoms with E-state index in [1.54, 1.807) is 6.07 Å². The highest BCUT2D eigenvalue weighted by Gasteiger charge is 2.25. The largest absolute Gasteiger partial charge is 0.491 e. The summed E-state index contributed by atoms with van der Waals surface area (Å²) in [6, 6.07) is 4.45. The molecule has 0 unspecified atom stereocenters. The van der Waals surface area contributed by atoms with Gasteiger partial charge in [-0.05, 0) is 17.3 Å². The zero-order chi connectivity index (χ0) is 19.5. The van der Waals surface area contributed by atoms with E-state index in [1.165, 1.54) is 18.2 Å². The molecule has 0 fully saturated rings. The van der Waals surface area contributed by atoms with E-state index in [9.17, 15) is 21.6 Å². The molecule has 0 aromatic heterocycles. The molecule has 1 heterocycles. The quantitative estimate of drug-likeness (QED) is 0.356. The molecule has 0 saturated carbocycles. The Bertz CT molecular complexity index is 991. The van der Waals surface area contributed by atoms with Crippen molar-refractivity contribution in [1.82, 2.24) is 0 Å². The Labute approximate surface area is 150 Å². The Morgan fingerprint density at radius 1 is 1.27 bits per heavy atom. The molecule has 1 aromatic carbocycles. The number of ketones is 1. The summed E-state index contributed by atoms with van der Waals surface area (Å²) in [5.74, 6) is -2.20. The van der Waals surface area contributed by atoms with Crippen LogP contribution in [0.1, 0.15) is 12.0 Å². The van der Waals surface area contributed by atoms with Crippen LogP contribution in [0.25, 0.3) is 6.08 Å². The topological polar surface area (TPSA) is 168 Å². The Balaban J connectivity index is 2.33. The fourth-order valence-electron chi connectivity index (χ4n) is 2.22. The summed E-state index contributed by atoms with van der Waals surface area (Å²) in [5.41, 5.74) is 10.4. The lowest BCUT2D eigenvalue weighted by Gasteiger charge is -2.10. The maximum Gasteiger partial charge on any atom is 0.336 e. The molecular weight excluding hydrogens is 386 g/mol. The lowest BCUT2D eigenvalue weighted by Crippen LogP contribution is -2.25. The van der Waals surface area contributed by atoms with Gasteiger partial charge in [-0.1, -0.05) is 12.1 Å². The van der Waals surface area contributed by atoms with Crippen molar-refractivity contribution in [2.24, 2.45) is 16.6 Å². The lowest BCUT2D eigenvalue weighted by molar-refractivity contribution is -0.113. The number of benzene rings is 1. The minimum absolute atomic E-state index is 0.00587. The van der Waals surface area contributed by atoms with Gasteiger partial charge in [0.05, 0.1) is 6.61 Å². The van der Waals surface area contributed by atoms with Crippen LogP contribution in [-0.2, 0) is 29.0 Å². The summed E-state index contributed by atoms with van der Waals surface area (Å²) >= 11 is 0. The molecular formula is C14H17N3O7S2. The number of carbonyl (C=O) groups excluding carboxylic acids is 1. The van der Waals surface area contributed by atoms with Crippen LogP contribution in [0.5, 0.6) is 5.75 Å². The van der Waals surface area contributed by atoms with E-state index in [0.29, 0.717) is 5.56 Å². The number of para-hydroxylation sites is 1. The van der Waals surface area contributed by atoms with Gasteiger partial charge in [-0.3, -0.25) is 9.08 Å². The van der Waals surface area contributed by atoms with Gasteiger partial charge in [-0.25, -0.2) is 8.42 Å². The predicted molar refractivity (Wildman–Crippen MR) is 93.3 cm³/mol. The number of carbonyl (C=O) groups is 1. The third-order valence-corrected chi connectivity index (χ3v) is 5.32. The van der Waals surface area contributed by atoms with E-state index in [4.69, 9.17) is 16.2 Å². The van der Waals surface area contributed by atoms with Gasteiger partial charge in [0.25, 0.3) is 0 Å². The highest BCUT2D eigenvalue weighted by Crippen LogP contribution is 2.32. The molecule has 0 bridgehead atoms. The predicted octanol–water partition coefficient (Wildman–Crippen LogP) is -0.640. The van der Waals surface area contributed by atoms with Gasteiger partial charge in [-0.2, -0.15) is 8.42 Å². The van der Waals surface area contributed by atoms with Gasteiger partial charge in [-0.15, -0.1) is 0 Å². The number of oxime groups is 1. The van der Waals surface area contributed by atoms with Crippen molar-refractivity contribution in [3.63, 3.8) is 0 Å². The summed E-state index contributed by atoms with van der Waals surface area (Å²) in [6.07, 6.45) is 2.53. The molecule has 0 amide bonds. The molecule has 12 heteroatoms. The van der Waals surface area contributed by atoms with E-state index in [-0.39, 0.29) is 29.2 Å². The number of hydrogen-bond acceptors (Lipinski definition) is 8. The SMILES string of the molecule is CS(=O)(=O)c1cccc2c1OCCC(C(=O)CS(=O)(=O)ON=C(N)N)=C2. The minimum atomic E-state index is -4.32. The minimum Gasteiger partial charge on any atom is -0.491 e. The standard InChI is InChI=1S/C14H17N3O7S2/c1-25(19,20)12-4-2-3-10-7-9(5-6-23-13(10)12)11(18)8-26(21,22)24-17-14(15)16/h2-4,7H,5-6,8H2,1H3,(H4,15,16,17). The van der Waals surface area contributed by atoms with Gasteiger partial charge < -0.3 is 16.2 Å². The Kier molecular flexibility index (Phi) is 5.56. The second kappa shape index (κ2) is 7.33. The maximum atomic E-state index is 12.3. The van der Waals surface area contributed by atoms with Crippen molar-refractivity contribution in [3.8, 4) is 5.75 Å². The highest BCUT2D eigenvalue weighted by molar-refractivity contribution is 7.90. The van der Waals surface area contributed by atoms with Crippen LogP contribution in [-0.4, -0.2) is 47.2 Å². The zero-order valence-electron chi connectivity index (χ0n) is 13.7. The van der Waals surface area contributed by atoms with Crippen LogP contribution < -0.4 is 16.2 Å². The number of rotatable bonds is 6. The third kappa shape index (κ3) is 4.95. The summed E-state index contributed by atoms with van der Waals surface area (Å²) in [4.78, 5) is 12.3. The van der Waals surface area contributed by atoms with Crippen LogP contribution >= 0.6 is 0 Å². The fourth-order valence-corrected chi connectivity index (χ4v) is 3.81. The number of fused-ring (bicyclic) bond motifs is 1. The molecule has 4 N–H and O–H groups in total. The molecule has 0 saturated heterocycles. The van der Waals surface area contributed by atoms with E-state index in [1.807, 2.05) is 0 Å². The smallest absolute Gasteiger partial charge is 0.336 e.